The smallest absolute Gasteiger partial charge is 0.0563 e. The molecule has 6 aromatic carbocycles. The first-order valence-electron chi connectivity index (χ1n) is 13.8. The Hall–Kier alpha value is -5.28. The molecule has 0 amide bonds. The average molecular weight is 512 g/mol. The van der Waals surface area contributed by atoms with Gasteiger partial charge in [-0.15, -0.1) is 0 Å². The van der Waals surface area contributed by atoms with Crippen LogP contribution in [0.1, 0.15) is 0 Å². The Labute approximate surface area is 230 Å². The number of para-hydroxylation sites is 4. The molecule has 0 unspecified atom stereocenters. The number of aromatic nitrogens is 3. The summed E-state index contributed by atoms with van der Waals surface area (Å²) in [7, 11) is 2.19. The molecule has 9 aromatic rings. The highest BCUT2D eigenvalue weighted by Crippen LogP contribution is 2.42. The number of benzene rings is 6. The molecule has 0 aliphatic heterocycles. The summed E-state index contributed by atoms with van der Waals surface area (Å²) in [5, 5.41) is 7.64. The number of hydrogen-bond donors (Lipinski definition) is 0. The van der Waals surface area contributed by atoms with Gasteiger partial charge in [-0.2, -0.15) is 0 Å². The van der Waals surface area contributed by atoms with Gasteiger partial charge in [0.05, 0.1) is 44.5 Å². The van der Waals surface area contributed by atoms with Crippen molar-refractivity contribution in [1.82, 2.24) is 13.7 Å². The molecule has 0 aliphatic rings. The Kier molecular flexibility index (Phi) is 4.26. The quantitative estimate of drug-likeness (QED) is 0.219. The highest BCUT2D eigenvalue weighted by molar-refractivity contribution is 6.19. The van der Waals surface area contributed by atoms with Crippen LogP contribution in [0.4, 0.5) is 0 Å². The van der Waals surface area contributed by atoms with Gasteiger partial charge in [-0.3, -0.25) is 0 Å². The zero-order valence-corrected chi connectivity index (χ0v) is 22.0. The summed E-state index contributed by atoms with van der Waals surface area (Å²) in [6.07, 6.45) is 0. The van der Waals surface area contributed by atoms with Crippen LogP contribution in [-0.2, 0) is 7.05 Å². The molecule has 9 rings (SSSR count). The van der Waals surface area contributed by atoms with Crippen LogP contribution < -0.4 is 0 Å². The van der Waals surface area contributed by atoms with Gasteiger partial charge in [-0.1, -0.05) is 84.9 Å². The van der Waals surface area contributed by atoms with Gasteiger partial charge in [-0.25, -0.2) is 0 Å². The first kappa shape index (κ1) is 21.6. The van der Waals surface area contributed by atoms with Crippen LogP contribution in [0.15, 0.2) is 133 Å². The van der Waals surface area contributed by atoms with E-state index < -0.39 is 0 Å². The lowest BCUT2D eigenvalue weighted by Crippen LogP contribution is -1.97. The topological polar surface area (TPSA) is 14.8 Å². The van der Waals surface area contributed by atoms with Crippen molar-refractivity contribution in [2.24, 2.45) is 7.05 Å². The Morgan fingerprint density at radius 3 is 0.975 bits per heavy atom. The third-order valence-electron chi connectivity index (χ3n) is 8.66. The number of aryl methyl sites for hydroxylation is 1. The van der Waals surface area contributed by atoms with Crippen LogP contribution in [0.2, 0.25) is 0 Å². The third-order valence-corrected chi connectivity index (χ3v) is 8.66. The molecule has 3 aromatic heterocycles. The summed E-state index contributed by atoms with van der Waals surface area (Å²) in [6, 6.07) is 48.5. The van der Waals surface area contributed by atoms with E-state index in [1.807, 2.05) is 0 Å². The van der Waals surface area contributed by atoms with E-state index in [1.54, 1.807) is 0 Å². The lowest BCUT2D eigenvalue weighted by Gasteiger charge is -2.13. The van der Waals surface area contributed by atoms with Crippen molar-refractivity contribution in [3.8, 4) is 11.4 Å². The molecule has 0 atom stereocenters. The Balaban J connectivity index is 1.51. The monoisotopic (exact) mass is 511 g/mol. The van der Waals surface area contributed by atoms with Gasteiger partial charge in [0.1, 0.15) is 0 Å². The summed E-state index contributed by atoms with van der Waals surface area (Å²) in [6.45, 7) is 0. The standard InChI is InChI=1S/C37H25N3/c1-38-32-20-10-22-34(39-28-16-6-2-12-24(28)25-13-3-7-17-29(25)39)36(32)37-33(38)21-11-23-35(37)40-30-18-8-4-14-26(30)27-15-5-9-19-31(27)40/h2-23H,1H3. The molecular weight excluding hydrogens is 486 g/mol. The second-order valence-corrected chi connectivity index (χ2v) is 10.6. The Morgan fingerprint density at radius 1 is 0.325 bits per heavy atom. The molecule has 0 radical (unpaired) electrons. The number of fused-ring (bicyclic) bond motifs is 9. The summed E-state index contributed by atoms with van der Waals surface area (Å²) in [4.78, 5) is 0. The average Bonchev–Trinajstić information content (AvgIpc) is 3.63. The van der Waals surface area contributed by atoms with E-state index in [0.717, 1.165) is 0 Å². The summed E-state index contributed by atoms with van der Waals surface area (Å²) < 4.78 is 7.25. The van der Waals surface area contributed by atoms with E-state index in [0.29, 0.717) is 0 Å². The molecule has 0 saturated heterocycles. The fraction of sp³-hybridized carbons (Fsp3) is 0.0270. The molecule has 0 bridgehead atoms. The maximum Gasteiger partial charge on any atom is 0.0563 e. The lowest BCUT2D eigenvalue weighted by atomic mass is 10.1. The molecule has 0 aliphatic carbocycles. The fourth-order valence-electron chi connectivity index (χ4n) is 6.99. The zero-order chi connectivity index (χ0) is 26.4. The van der Waals surface area contributed by atoms with Gasteiger partial charge in [0.2, 0.25) is 0 Å². The molecule has 0 saturated carbocycles. The van der Waals surface area contributed by atoms with E-state index in [2.05, 4.69) is 154 Å². The van der Waals surface area contributed by atoms with Gasteiger partial charge < -0.3 is 13.7 Å². The van der Waals surface area contributed by atoms with E-state index in [9.17, 15) is 0 Å². The molecular formula is C37H25N3. The Bertz CT molecular complexity index is 2170. The van der Waals surface area contributed by atoms with Crippen molar-refractivity contribution >= 4 is 65.4 Å². The van der Waals surface area contributed by atoms with Crippen LogP contribution in [0.5, 0.6) is 0 Å². The third kappa shape index (κ3) is 2.69. The van der Waals surface area contributed by atoms with Crippen molar-refractivity contribution in [3.63, 3.8) is 0 Å². The van der Waals surface area contributed by atoms with E-state index in [4.69, 9.17) is 0 Å². The number of hydrogen-bond acceptors (Lipinski definition) is 0. The molecule has 40 heavy (non-hydrogen) atoms. The highest BCUT2D eigenvalue weighted by atomic mass is 15.0. The molecule has 188 valence electrons. The van der Waals surface area contributed by atoms with E-state index >= 15 is 0 Å². The van der Waals surface area contributed by atoms with Crippen LogP contribution in [0.25, 0.3) is 76.8 Å². The van der Waals surface area contributed by atoms with Crippen molar-refractivity contribution in [3.05, 3.63) is 133 Å². The first-order valence-corrected chi connectivity index (χ1v) is 13.8. The van der Waals surface area contributed by atoms with E-state index in [1.165, 1.54) is 76.8 Å². The minimum absolute atomic E-state index is 1.20. The minimum atomic E-state index is 1.20. The van der Waals surface area contributed by atoms with Crippen molar-refractivity contribution < 1.29 is 0 Å². The van der Waals surface area contributed by atoms with Crippen LogP contribution in [-0.4, -0.2) is 13.7 Å². The highest BCUT2D eigenvalue weighted by Gasteiger charge is 2.21. The molecule has 0 spiro atoms. The first-order chi connectivity index (χ1) is 19.8. The van der Waals surface area contributed by atoms with Crippen molar-refractivity contribution in [1.29, 1.82) is 0 Å². The maximum absolute atomic E-state index is 2.45. The van der Waals surface area contributed by atoms with Gasteiger partial charge in [0.15, 0.2) is 0 Å². The Morgan fingerprint density at radius 2 is 0.625 bits per heavy atom. The van der Waals surface area contributed by atoms with Crippen LogP contribution in [0, 0.1) is 0 Å². The second-order valence-electron chi connectivity index (χ2n) is 10.6. The molecule has 3 heteroatoms. The lowest BCUT2D eigenvalue weighted by molar-refractivity contribution is 1.01. The molecule has 0 fully saturated rings. The van der Waals surface area contributed by atoms with Crippen LogP contribution in [0.3, 0.4) is 0 Å². The van der Waals surface area contributed by atoms with Gasteiger partial charge in [-0.05, 0) is 48.5 Å². The maximum atomic E-state index is 2.45. The molecule has 3 heterocycles. The van der Waals surface area contributed by atoms with E-state index in [-0.39, 0.29) is 0 Å². The predicted molar refractivity (Wildman–Crippen MR) is 169 cm³/mol. The van der Waals surface area contributed by atoms with Crippen LogP contribution >= 0.6 is 0 Å². The SMILES string of the molecule is Cn1c2cccc(-n3c4ccccc4c4ccccc43)c2c2c(-n3c4ccccc4c4ccccc43)cccc21. The largest absolute Gasteiger partial charge is 0.343 e. The summed E-state index contributed by atoms with van der Waals surface area (Å²) in [5.74, 6) is 0. The number of nitrogens with zero attached hydrogens (tertiary/aromatic N) is 3. The summed E-state index contributed by atoms with van der Waals surface area (Å²) in [5.41, 5.74) is 9.75. The fourth-order valence-corrected chi connectivity index (χ4v) is 6.99. The van der Waals surface area contributed by atoms with Gasteiger partial charge in [0.25, 0.3) is 0 Å². The van der Waals surface area contributed by atoms with Gasteiger partial charge >= 0.3 is 0 Å². The molecule has 3 nitrogen and oxygen atoms in total. The normalized spacial score (nSPS) is 12.1. The number of rotatable bonds is 2. The predicted octanol–water partition coefficient (Wildman–Crippen LogP) is 9.53. The minimum Gasteiger partial charge on any atom is -0.343 e. The van der Waals surface area contributed by atoms with Crippen molar-refractivity contribution in [2.75, 3.05) is 0 Å². The molecule has 0 N–H and O–H groups in total. The zero-order valence-electron chi connectivity index (χ0n) is 22.0. The summed E-state index contributed by atoms with van der Waals surface area (Å²) >= 11 is 0. The second kappa shape index (κ2) is 7.87. The van der Waals surface area contributed by atoms with Gasteiger partial charge in [0, 0.05) is 39.4 Å². The van der Waals surface area contributed by atoms with Crippen molar-refractivity contribution in [2.45, 2.75) is 0 Å².